The van der Waals surface area contributed by atoms with Crippen molar-refractivity contribution >= 4 is 16.6 Å². The summed E-state index contributed by atoms with van der Waals surface area (Å²) in [7, 11) is 0. The number of aromatic nitrogens is 1. The zero-order valence-corrected chi connectivity index (χ0v) is 10.8. The molecular weight excluding hydrogens is 278 g/mol. The number of hydrogen-bond donors (Lipinski definition) is 0. The molecule has 0 radical (unpaired) electrons. The molecular formula is C15H10F2N2O2. The van der Waals surface area contributed by atoms with Gasteiger partial charge in [0.1, 0.15) is 0 Å². The molecule has 0 aliphatic carbocycles. The summed E-state index contributed by atoms with van der Waals surface area (Å²) < 4.78 is 29.4. The van der Waals surface area contributed by atoms with Crippen molar-refractivity contribution in [2.75, 3.05) is 0 Å². The van der Waals surface area contributed by atoms with Crippen molar-refractivity contribution < 1.29 is 13.7 Å². The van der Waals surface area contributed by atoms with Gasteiger partial charge in [0.25, 0.3) is 0 Å². The van der Waals surface area contributed by atoms with Crippen molar-refractivity contribution in [1.29, 1.82) is 0 Å². The molecule has 6 heteroatoms. The van der Waals surface area contributed by atoms with Crippen molar-refractivity contribution in [2.24, 2.45) is 0 Å². The number of hydrogen-bond acceptors (Lipinski definition) is 2. The first-order valence-electron chi connectivity index (χ1n) is 6.23. The molecule has 4 nitrogen and oxygen atoms in total. The predicted octanol–water partition coefficient (Wildman–Crippen LogP) is 3.88. The SMILES string of the molecule is O=[N+]([O-])c1c(F)cc2c(ccn2Cc2ccccc2)c1F. The highest BCUT2D eigenvalue weighted by atomic mass is 19.1. The molecule has 1 heterocycles. The molecule has 1 aromatic heterocycles. The number of benzene rings is 2. The second-order valence-electron chi connectivity index (χ2n) is 4.64. The van der Waals surface area contributed by atoms with Crippen molar-refractivity contribution in [2.45, 2.75) is 6.54 Å². The van der Waals surface area contributed by atoms with Gasteiger partial charge in [-0.05, 0) is 11.6 Å². The lowest BCUT2D eigenvalue weighted by Crippen LogP contribution is -2.01. The molecule has 0 saturated carbocycles. The van der Waals surface area contributed by atoms with Gasteiger partial charge in [-0.15, -0.1) is 0 Å². The molecule has 21 heavy (non-hydrogen) atoms. The fourth-order valence-corrected chi connectivity index (χ4v) is 2.34. The quantitative estimate of drug-likeness (QED) is 0.542. The third kappa shape index (κ3) is 2.24. The maximum absolute atomic E-state index is 14.0. The minimum atomic E-state index is -1.17. The Hall–Kier alpha value is -2.76. The average molecular weight is 288 g/mol. The molecule has 0 aliphatic rings. The maximum atomic E-state index is 14.0. The largest absolute Gasteiger partial charge is 0.343 e. The summed E-state index contributed by atoms with van der Waals surface area (Å²) in [6, 6.07) is 11.8. The van der Waals surface area contributed by atoms with E-state index in [0.717, 1.165) is 11.6 Å². The zero-order valence-electron chi connectivity index (χ0n) is 10.8. The lowest BCUT2D eigenvalue weighted by Gasteiger charge is -2.06. The first kappa shape index (κ1) is 13.2. The van der Waals surface area contributed by atoms with Crippen LogP contribution in [0, 0.1) is 21.7 Å². The van der Waals surface area contributed by atoms with Crippen LogP contribution in [0.5, 0.6) is 0 Å². The highest BCUT2D eigenvalue weighted by Gasteiger charge is 2.25. The van der Waals surface area contributed by atoms with Crippen LogP contribution in [0.15, 0.2) is 48.7 Å². The lowest BCUT2D eigenvalue weighted by molar-refractivity contribution is -0.390. The Morgan fingerprint density at radius 1 is 1.14 bits per heavy atom. The molecule has 3 aromatic rings. The Morgan fingerprint density at radius 3 is 2.52 bits per heavy atom. The predicted molar refractivity (Wildman–Crippen MR) is 74.1 cm³/mol. The summed E-state index contributed by atoms with van der Waals surface area (Å²) in [4.78, 5) is 9.66. The third-order valence-corrected chi connectivity index (χ3v) is 3.32. The normalized spacial score (nSPS) is 11.0. The van der Waals surface area contributed by atoms with Gasteiger partial charge in [-0.2, -0.15) is 8.78 Å². The van der Waals surface area contributed by atoms with Crippen LogP contribution in [0.1, 0.15) is 5.56 Å². The van der Waals surface area contributed by atoms with Gasteiger partial charge in [0.15, 0.2) is 0 Å². The van der Waals surface area contributed by atoms with Gasteiger partial charge in [-0.1, -0.05) is 30.3 Å². The average Bonchev–Trinajstić information content (AvgIpc) is 2.83. The molecule has 0 amide bonds. The number of fused-ring (bicyclic) bond motifs is 1. The van der Waals surface area contributed by atoms with Gasteiger partial charge in [0, 0.05) is 24.2 Å². The van der Waals surface area contributed by atoms with Gasteiger partial charge in [0.05, 0.1) is 10.4 Å². The van der Waals surface area contributed by atoms with Crippen LogP contribution in [0.3, 0.4) is 0 Å². The van der Waals surface area contributed by atoms with Crippen LogP contribution in [0.25, 0.3) is 10.9 Å². The van der Waals surface area contributed by atoms with Crippen molar-refractivity contribution in [3.8, 4) is 0 Å². The van der Waals surface area contributed by atoms with Gasteiger partial charge < -0.3 is 4.57 Å². The molecule has 2 aromatic carbocycles. The number of halogens is 2. The van der Waals surface area contributed by atoms with Gasteiger partial charge in [-0.25, -0.2) is 0 Å². The fourth-order valence-electron chi connectivity index (χ4n) is 2.34. The zero-order chi connectivity index (χ0) is 15.0. The van der Waals surface area contributed by atoms with Crippen LogP contribution in [0.4, 0.5) is 14.5 Å². The van der Waals surface area contributed by atoms with Crippen LogP contribution in [-0.4, -0.2) is 9.49 Å². The van der Waals surface area contributed by atoms with Gasteiger partial charge >= 0.3 is 5.69 Å². The Kier molecular flexibility index (Phi) is 3.13. The van der Waals surface area contributed by atoms with E-state index in [2.05, 4.69) is 0 Å². The number of nitrogens with zero attached hydrogens (tertiary/aromatic N) is 2. The molecule has 0 unspecified atom stereocenters. The molecule has 0 N–H and O–H groups in total. The summed E-state index contributed by atoms with van der Waals surface area (Å²) in [5.41, 5.74) is 0.147. The van der Waals surface area contributed by atoms with Crippen LogP contribution in [-0.2, 0) is 6.54 Å². The van der Waals surface area contributed by atoms with E-state index in [1.54, 1.807) is 10.8 Å². The first-order valence-corrected chi connectivity index (χ1v) is 6.23. The van der Waals surface area contributed by atoms with E-state index in [9.17, 15) is 18.9 Å². The molecule has 0 spiro atoms. The van der Waals surface area contributed by atoms with Crippen LogP contribution >= 0.6 is 0 Å². The van der Waals surface area contributed by atoms with Gasteiger partial charge in [-0.3, -0.25) is 10.1 Å². The van der Waals surface area contributed by atoms with E-state index >= 15 is 0 Å². The lowest BCUT2D eigenvalue weighted by atomic mass is 10.2. The molecule has 0 saturated heterocycles. The topological polar surface area (TPSA) is 48.1 Å². The molecule has 0 atom stereocenters. The monoisotopic (exact) mass is 288 g/mol. The van der Waals surface area contributed by atoms with Gasteiger partial charge in [0.2, 0.25) is 11.6 Å². The second-order valence-corrected chi connectivity index (χ2v) is 4.64. The molecule has 0 bridgehead atoms. The fraction of sp³-hybridized carbons (Fsp3) is 0.0667. The van der Waals surface area contributed by atoms with E-state index in [4.69, 9.17) is 0 Å². The molecule has 106 valence electrons. The maximum Gasteiger partial charge on any atom is 0.340 e. The van der Waals surface area contributed by atoms with E-state index < -0.39 is 22.2 Å². The summed E-state index contributed by atoms with van der Waals surface area (Å²) >= 11 is 0. The minimum absolute atomic E-state index is 0.0408. The molecule has 0 fully saturated rings. The van der Waals surface area contributed by atoms with Crippen molar-refractivity contribution in [1.82, 2.24) is 4.57 Å². The third-order valence-electron chi connectivity index (χ3n) is 3.32. The van der Waals surface area contributed by atoms with E-state index in [1.807, 2.05) is 30.3 Å². The summed E-state index contributed by atoms with van der Waals surface area (Å²) in [5, 5.41) is 10.7. The van der Waals surface area contributed by atoms with E-state index in [0.29, 0.717) is 12.1 Å². The van der Waals surface area contributed by atoms with E-state index in [-0.39, 0.29) is 5.39 Å². The highest BCUT2D eigenvalue weighted by Crippen LogP contribution is 2.30. The minimum Gasteiger partial charge on any atom is -0.343 e. The first-order chi connectivity index (χ1) is 10.1. The Morgan fingerprint density at radius 2 is 1.86 bits per heavy atom. The summed E-state index contributed by atoms with van der Waals surface area (Å²) in [6.07, 6.45) is 1.59. The Balaban J connectivity index is 2.13. The Bertz CT molecular complexity index is 829. The standard InChI is InChI=1S/C15H10F2N2O2/c16-12-8-13-11(14(17)15(12)19(20)21)6-7-18(13)9-10-4-2-1-3-5-10/h1-8H,9H2. The van der Waals surface area contributed by atoms with Crippen LogP contribution in [0.2, 0.25) is 0 Å². The second kappa shape index (κ2) is 4.97. The van der Waals surface area contributed by atoms with E-state index in [1.165, 1.54) is 6.07 Å². The molecule has 3 rings (SSSR count). The number of rotatable bonds is 3. The number of nitro benzene ring substituents is 1. The Labute approximate surface area is 118 Å². The summed E-state index contributed by atoms with van der Waals surface area (Å²) in [5.74, 6) is -2.31. The van der Waals surface area contributed by atoms with Crippen LogP contribution < -0.4 is 0 Å². The summed E-state index contributed by atoms with van der Waals surface area (Å²) in [6.45, 7) is 0.432. The number of nitro groups is 1. The highest BCUT2D eigenvalue weighted by molar-refractivity contribution is 5.83. The molecule has 0 aliphatic heterocycles. The smallest absolute Gasteiger partial charge is 0.340 e. The van der Waals surface area contributed by atoms with Crippen molar-refractivity contribution in [3.05, 3.63) is 76.0 Å². The van der Waals surface area contributed by atoms with Crippen molar-refractivity contribution in [3.63, 3.8) is 0 Å².